The van der Waals surface area contributed by atoms with E-state index in [0.29, 0.717) is 6.04 Å². The van der Waals surface area contributed by atoms with Gasteiger partial charge in [-0.2, -0.15) is 0 Å². The van der Waals surface area contributed by atoms with E-state index in [1.165, 1.54) is 24.1 Å². The molecule has 21 heavy (non-hydrogen) atoms. The van der Waals surface area contributed by atoms with E-state index in [2.05, 4.69) is 41.2 Å². The van der Waals surface area contributed by atoms with E-state index in [4.69, 9.17) is 4.74 Å². The Bertz CT molecular complexity index is 397. The average Bonchev–Trinajstić information content (AvgIpc) is 2.49. The van der Waals surface area contributed by atoms with Crippen molar-refractivity contribution in [3.8, 4) is 0 Å². The molecule has 118 valence electrons. The number of hydrogen-bond acceptors (Lipinski definition) is 4. The van der Waals surface area contributed by atoms with E-state index in [9.17, 15) is 0 Å². The second-order valence-electron chi connectivity index (χ2n) is 6.37. The quantitative estimate of drug-likeness (QED) is 0.837. The molecule has 4 heteroatoms. The van der Waals surface area contributed by atoms with Crippen LogP contribution < -0.4 is 5.32 Å². The summed E-state index contributed by atoms with van der Waals surface area (Å²) in [6, 6.07) is 4.87. The van der Waals surface area contributed by atoms with Crippen molar-refractivity contribution in [3.05, 3.63) is 29.6 Å². The van der Waals surface area contributed by atoms with Gasteiger partial charge in [0.1, 0.15) is 0 Å². The molecule has 0 aliphatic carbocycles. The van der Waals surface area contributed by atoms with Gasteiger partial charge in [0.25, 0.3) is 0 Å². The van der Waals surface area contributed by atoms with Gasteiger partial charge in [0.2, 0.25) is 0 Å². The average molecular weight is 291 g/mol. The molecular weight excluding hydrogens is 262 g/mol. The Kier molecular flexibility index (Phi) is 6.61. The number of rotatable bonds is 7. The van der Waals surface area contributed by atoms with Crippen LogP contribution in [0.15, 0.2) is 18.3 Å². The Morgan fingerprint density at radius 1 is 1.33 bits per heavy atom. The number of pyridine rings is 1. The Labute approximate surface area is 128 Å². The summed E-state index contributed by atoms with van der Waals surface area (Å²) in [5.74, 6) is 0.740. The summed E-state index contributed by atoms with van der Waals surface area (Å²) >= 11 is 0. The normalized spacial score (nSPS) is 17.5. The van der Waals surface area contributed by atoms with Crippen molar-refractivity contribution in [2.45, 2.75) is 45.8 Å². The molecule has 1 fully saturated rings. The number of nitrogens with one attached hydrogen (secondary N) is 1. The van der Waals surface area contributed by atoms with Crippen LogP contribution in [0.2, 0.25) is 0 Å². The van der Waals surface area contributed by atoms with Crippen LogP contribution in [0.5, 0.6) is 0 Å². The predicted octanol–water partition coefficient (Wildman–Crippen LogP) is 2.44. The van der Waals surface area contributed by atoms with Crippen molar-refractivity contribution in [2.75, 3.05) is 26.8 Å². The first-order chi connectivity index (χ1) is 10.2. The van der Waals surface area contributed by atoms with Crippen molar-refractivity contribution in [2.24, 2.45) is 5.92 Å². The molecule has 0 radical (unpaired) electrons. The van der Waals surface area contributed by atoms with Crippen molar-refractivity contribution in [1.29, 1.82) is 0 Å². The lowest BCUT2D eigenvalue weighted by Crippen LogP contribution is -2.34. The summed E-state index contributed by atoms with van der Waals surface area (Å²) < 4.78 is 5.25. The molecular formula is C17H29N3O. The minimum absolute atomic E-state index is 0.512. The zero-order chi connectivity index (χ0) is 15.1. The standard InChI is InChI=1S/C17H29N3O/c1-14(2)18-10-16-4-5-17(19-11-16)12-20-8-6-15(7-9-20)13-21-3/h4-5,11,14-15,18H,6-10,12-13H2,1-3H3. The number of hydrogen-bond donors (Lipinski definition) is 1. The summed E-state index contributed by atoms with van der Waals surface area (Å²) in [6.07, 6.45) is 4.48. The van der Waals surface area contributed by atoms with Gasteiger partial charge in [0.05, 0.1) is 5.69 Å². The Morgan fingerprint density at radius 3 is 2.67 bits per heavy atom. The van der Waals surface area contributed by atoms with Gasteiger partial charge in [-0.15, -0.1) is 0 Å². The highest BCUT2D eigenvalue weighted by Crippen LogP contribution is 2.18. The van der Waals surface area contributed by atoms with Crippen molar-refractivity contribution in [3.63, 3.8) is 0 Å². The SMILES string of the molecule is COCC1CCN(Cc2ccc(CNC(C)C)cn2)CC1. The summed E-state index contributed by atoms with van der Waals surface area (Å²) in [5, 5.41) is 3.42. The summed E-state index contributed by atoms with van der Waals surface area (Å²) in [4.78, 5) is 7.10. The van der Waals surface area contributed by atoms with E-state index in [1.54, 1.807) is 7.11 Å². The predicted molar refractivity (Wildman–Crippen MR) is 86.1 cm³/mol. The molecule has 1 N–H and O–H groups in total. The second kappa shape index (κ2) is 8.47. The van der Waals surface area contributed by atoms with E-state index >= 15 is 0 Å². The molecule has 0 bridgehead atoms. The molecule has 2 rings (SSSR count). The van der Waals surface area contributed by atoms with Crippen LogP contribution in [-0.2, 0) is 17.8 Å². The molecule has 0 amide bonds. The van der Waals surface area contributed by atoms with Gasteiger partial charge >= 0.3 is 0 Å². The van der Waals surface area contributed by atoms with Gasteiger partial charge in [-0.3, -0.25) is 9.88 Å². The molecule has 1 aromatic heterocycles. The zero-order valence-electron chi connectivity index (χ0n) is 13.6. The molecule has 4 nitrogen and oxygen atoms in total. The molecule has 0 atom stereocenters. The number of aromatic nitrogens is 1. The van der Waals surface area contributed by atoms with Crippen molar-refractivity contribution < 1.29 is 4.74 Å². The van der Waals surface area contributed by atoms with Crippen LogP contribution in [0.4, 0.5) is 0 Å². The van der Waals surface area contributed by atoms with Crippen LogP contribution in [0.25, 0.3) is 0 Å². The first kappa shape index (κ1) is 16.4. The van der Waals surface area contributed by atoms with Gasteiger partial charge in [0.15, 0.2) is 0 Å². The van der Waals surface area contributed by atoms with Crippen molar-refractivity contribution >= 4 is 0 Å². The highest BCUT2D eigenvalue weighted by atomic mass is 16.5. The summed E-state index contributed by atoms with van der Waals surface area (Å²) in [7, 11) is 1.80. The maximum absolute atomic E-state index is 5.25. The van der Waals surface area contributed by atoms with E-state index in [1.807, 2.05) is 6.20 Å². The van der Waals surface area contributed by atoms with Gasteiger partial charge in [-0.1, -0.05) is 19.9 Å². The fraction of sp³-hybridized carbons (Fsp3) is 0.706. The zero-order valence-corrected chi connectivity index (χ0v) is 13.6. The highest BCUT2D eigenvalue weighted by Gasteiger charge is 2.19. The minimum Gasteiger partial charge on any atom is -0.384 e. The molecule has 0 saturated carbocycles. The third kappa shape index (κ3) is 5.73. The Morgan fingerprint density at radius 2 is 2.10 bits per heavy atom. The molecule has 1 aliphatic heterocycles. The lowest BCUT2D eigenvalue weighted by Gasteiger charge is -2.31. The molecule has 0 aromatic carbocycles. The van der Waals surface area contributed by atoms with Crippen LogP contribution in [0.1, 0.15) is 37.9 Å². The van der Waals surface area contributed by atoms with Crippen LogP contribution in [-0.4, -0.2) is 42.7 Å². The first-order valence-electron chi connectivity index (χ1n) is 8.06. The first-order valence-corrected chi connectivity index (χ1v) is 8.06. The van der Waals surface area contributed by atoms with E-state index < -0.39 is 0 Å². The fourth-order valence-corrected chi connectivity index (χ4v) is 2.75. The maximum Gasteiger partial charge on any atom is 0.0544 e. The monoisotopic (exact) mass is 291 g/mol. The van der Waals surface area contributed by atoms with E-state index in [-0.39, 0.29) is 0 Å². The topological polar surface area (TPSA) is 37.4 Å². The fourth-order valence-electron chi connectivity index (χ4n) is 2.75. The number of ether oxygens (including phenoxy) is 1. The molecule has 2 heterocycles. The highest BCUT2D eigenvalue weighted by molar-refractivity contribution is 5.14. The molecule has 0 unspecified atom stereocenters. The Balaban J connectivity index is 1.76. The van der Waals surface area contributed by atoms with Crippen molar-refractivity contribution in [1.82, 2.24) is 15.2 Å². The van der Waals surface area contributed by atoms with Crippen LogP contribution in [0, 0.1) is 5.92 Å². The number of piperidine rings is 1. The summed E-state index contributed by atoms with van der Waals surface area (Å²) in [6.45, 7) is 9.41. The van der Waals surface area contributed by atoms with Crippen LogP contribution >= 0.6 is 0 Å². The van der Waals surface area contributed by atoms with Gasteiger partial charge in [0, 0.05) is 39.0 Å². The second-order valence-corrected chi connectivity index (χ2v) is 6.37. The van der Waals surface area contributed by atoms with Gasteiger partial charge in [-0.25, -0.2) is 0 Å². The van der Waals surface area contributed by atoms with Crippen LogP contribution in [0.3, 0.4) is 0 Å². The summed E-state index contributed by atoms with van der Waals surface area (Å²) in [5.41, 5.74) is 2.43. The smallest absolute Gasteiger partial charge is 0.0544 e. The molecule has 1 aromatic rings. The third-order valence-electron chi connectivity index (χ3n) is 4.10. The third-order valence-corrected chi connectivity index (χ3v) is 4.10. The largest absolute Gasteiger partial charge is 0.384 e. The number of likely N-dealkylation sites (tertiary alicyclic amines) is 1. The lowest BCUT2D eigenvalue weighted by molar-refractivity contribution is 0.0963. The number of methoxy groups -OCH3 is 1. The molecule has 1 saturated heterocycles. The molecule has 1 aliphatic rings. The molecule has 0 spiro atoms. The Hall–Kier alpha value is -0.970. The van der Waals surface area contributed by atoms with Gasteiger partial charge < -0.3 is 10.1 Å². The number of nitrogens with zero attached hydrogens (tertiary/aromatic N) is 2. The maximum atomic E-state index is 5.25. The minimum atomic E-state index is 0.512. The van der Waals surface area contributed by atoms with Gasteiger partial charge in [-0.05, 0) is 43.5 Å². The van der Waals surface area contributed by atoms with E-state index in [0.717, 1.165) is 38.7 Å². The lowest BCUT2D eigenvalue weighted by atomic mass is 9.98.